The first-order chi connectivity index (χ1) is 12.7. The molecule has 3 rings (SSSR count). The van der Waals surface area contributed by atoms with Gasteiger partial charge < -0.3 is 4.74 Å². The number of benzene rings is 2. The quantitative estimate of drug-likeness (QED) is 0.599. The Balaban J connectivity index is 1.80. The van der Waals surface area contributed by atoms with Crippen LogP contribution in [0.25, 0.3) is 0 Å². The van der Waals surface area contributed by atoms with Crippen LogP contribution in [0.5, 0.6) is 0 Å². The van der Waals surface area contributed by atoms with Crippen molar-refractivity contribution in [1.82, 2.24) is 10.3 Å². The standard InChI is InChI=1S/C20H22BrN3O2/c1-15(22-23-20(25)17-9-5-6-10-18(17)21)19(16-7-3-2-4-8-16)24-11-13-26-14-12-24/h2-10,19H,11-14H2,1H3,(H,23,25)/b22-15-/t19-/m0/s1. The van der Waals surface area contributed by atoms with Crippen LogP contribution in [0.15, 0.2) is 64.2 Å². The Hall–Kier alpha value is -2.02. The Morgan fingerprint density at radius 3 is 2.46 bits per heavy atom. The van der Waals surface area contributed by atoms with Crippen molar-refractivity contribution >= 4 is 27.5 Å². The van der Waals surface area contributed by atoms with Gasteiger partial charge in [0.05, 0.1) is 30.5 Å². The minimum atomic E-state index is -0.231. The highest BCUT2D eigenvalue weighted by Gasteiger charge is 2.25. The molecule has 0 aromatic heterocycles. The summed E-state index contributed by atoms with van der Waals surface area (Å²) in [5.74, 6) is -0.231. The molecule has 0 spiro atoms. The van der Waals surface area contributed by atoms with Crippen molar-refractivity contribution < 1.29 is 9.53 Å². The molecule has 0 bridgehead atoms. The first kappa shape index (κ1) is 18.8. The zero-order chi connectivity index (χ0) is 18.4. The number of nitrogens with one attached hydrogen (secondary N) is 1. The summed E-state index contributed by atoms with van der Waals surface area (Å²) in [5, 5.41) is 4.41. The molecule has 0 radical (unpaired) electrons. The van der Waals surface area contributed by atoms with Crippen molar-refractivity contribution in [3.05, 3.63) is 70.2 Å². The summed E-state index contributed by atoms with van der Waals surface area (Å²) in [7, 11) is 0. The summed E-state index contributed by atoms with van der Waals surface area (Å²) in [6, 6.07) is 17.6. The van der Waals surface area contributed by atoms with E-state index in [-0.39, 0.29) is 11.9 Å². The Kier molecular flexibility index (Phi) is 6.55. The smallest absolute Gasteiger partial charge is 0.272 e. The number of morpholine rings is 1. The maximum absolute atomic E-state index is 12.4. The van der Waals surface area contributed by atoms with Crippen LogP contribution < -0.4 is 5.43 Å². The summed E-state index contributed by atoms with van der Waals surface area (Å²) in [6.07, 6.45) is 0. The zero-order valence-corrected chi connectivity index (χ0v) is 16.3. The van der Waals surface area contributed by atoms with Crippen LogP contribution in [0.4, 0.5) is 0 Å². The number of hydrogen-bond acceptors (Lipinski definition) is 4. The van der Waals surface area contributed by atoms with E-state index in [1.54, 1.807) is 6.07 Å². The van der Waals surface area contributed by atoms with Crippen LogP contribution >= 0.6 is 15.9 Å². The lowest BCUT2D eigenvalue weighted by Crippen LogP contribution is -2.42. The fourth-order valence-corrected chi connectivity index (χ4v) is 3.56. The fourth-order valence-electron chi connectivity index (χ4n) is 3.09. The molecule has 0 unspecified atom stereocenters. The molecule has 1 aliphatic rings. The highest BCUT2D eigenvalue weighted by molar-refractivity contribution is 9.10. The SMILES string of the molecule is C/C(=N/NC(=O)c1ccccc1Br)[C@@H](c1ccccc1)N1CCOCC1. The van der Waals surface area contributed by atoms with Gasteiger partial charge in [-0.15, -0.1) is 0 Å². The molecule has 1 saturated heterocycles. The molecule has 1 fully saturated rings. The molecule has 136 valence electrons. The monoisotopic (exact) mass is 415 g/mol. The van der Waals surface area contributed by atoms with E-state index in [4.69, 9.17) is 4.74 Å². The maximum atomic E-state index is 12.4. The highest BCUT2D eigenvalue weighted by atomic mass is 79.9. The predicted octanol–water partition coefficient (Wildman–Crippen LogP) is 3.63. The summed E-state index contributed by atoms with van der Waals surface area (Å²) in [4.78, 5) is 14.8. The Labute approximate surface area is 162 Å². The van der Waals surface area contributed by atoms with Crippen molar-refractivity contribution in [2.75, 3.05) is 26.3 Å². The third kappa shape index (κ3) is 4.58. The van der Waals surface area contributed by atoms with E-state index in [1.165, 1.54) is 0 Å². The van der Waals surface area contributed by atoms with Crippen LogP contribution in [0, 0.1) is 0 Å². The van der Waals surface area contributed by atoms with Gasteiger partial charge in [-0.1, -0.05) is 42.5 Å². The van der Waals surface area contributed by atoms with Crippen LogP contribution in [0.2, 0.25) is 0 Å². The van der Waals surface area contributed by atoms with Crippen molar-refractivity contribution in [3.8, 4) is 0 Å². The van der Waals surface area contributed by atoms with Crippen LogP contribution in [0.1, 0.15) is 28.9 Å². The van der Waals surface area contributed by atoms with Crippen molar-refractivity contribution in [2.45, 2.75) is 13.0 Å². The van der Waals surface area contributed by atoms with Gasteiger partial charge in [-0.3, -0.25) is 9.69 Å². The maximum Gasteiger partial charge on any atom is 0.272 e. The number of carbonyl (C=O) groups excluding carboxylic acids is 1. The lowest BCUT2D eigenvalue weighted by Gasteiger charge is -2.34. The van der Waals surface area contributed by atoms with Crippen molar-refractivity contribution in [1.29, 1.82) is 0 Å². The Morgan fingerprint density at radius 2 is 1.77 bits per heavy atom. The summed E-state index contributed by atoms with van der Waals surface area (Å²) in [5.41, 5.74) is 5.26. The molecule has 1 N–H and O–H groups in total. The molecule has 5 nitrogen and oxygen atoms in total. The third-order valence-electron chi connectivity index (χ3n) is 4.37. The third-order valence-corrected chi connectivity index (χ3v) is 5.07. The van der Waals surface area contributed by atoms with Gasteiger partial charge in [0.25, 0.3) is 5.91 Å². The topological polar surface area (TPSA) is 53.9 Å². The normalized spacial score (nSPS) is 16.9. The second-order valence-electron chi connectivity index (χ2n) is 6.14. The summed E-state index contributed by atoms with van der Waals surface area (Å²) >= 11 is 3.40. The number of carbonyl (C=O) groups is 1. The average molecular weight is 416 g/mol. The molecular weight excluding hydrogens is 394 g/mol. The number of rotatable bonds is 5. The number of nitrogens with zero attached hydrogens (tertiary/aromatic N) is 2. The van der Waals surface area contributed by atoms with E-state index < -0.39 is 0 Å². The van der Waals surface area contributed by atoms with Gasteiger partial charge in [-0.2, -0.15) is 5.10 Å². The molecular formula is C20H22BrN3O2. The molecule has 1 amide bonds. The molecule has 0 saturated carbocycles. The summed E-state index contributed by atoms with van der Waals surface area (Å²) in [6.45, 7) is 5.04. The minimum Gasteiger partial charge on any atom is -0.379 e. The van der Waals surface area contributed by atoms with Crippen molar-refractivity contribution in [3.63, 3.8) is 0 Å². The van der Waals surface area contributed by atoms with E-state index in [1.807, 2.05) is 43.3 Å². The van der Waals surface area contributed by atoms with E-state index in [9.17, 15) is 4.79 Å². The first-order valence-corrected chi connectivity index (χ1v) is 9.42. The number of amides is 1. The lowest BCUT2D eigenvalue weighted by atomic mass is 10.0. The summed E-state index contributed by atoms with van der Waals surface area (Å²) < 4.78 is 6.23. The zero-order valence-electron chi connectivity index (χ0n) is 14.7. The average Bonchev–Trinajstić information content (AvgIpc) is 2.68. The predicted molar refractivity (Wildman–Crippen MR) is 106 cm³/mol. The molecule has 26 heavy (non-hydrogen) atoms. The van der Waals surface area contributed by atoms with Gasteiger partial charge in [0.1, 0.15) is 0 Å². The van der Waals surface area contributed by atoms with Crippen molar-refractivity contribution in [2.24, 2.45) is 5.10 Å². The number of hydrogen-bond donors (Lipinski definition) is 1. The number of ether oxygens (including phenoxy) is 1. The molecule has 6 heteroatoms. The van der Waals surface area contributed by atoms with Gasteiger partial charge in [-0.25, -0.2) is 5.43 Å². The van der Waals surface area contributed by atoms with Crippen LogP contribution in [-0.4, -0.2) is 42.8 Å². The largest absolute Gasteiger partial charge is 0.379 e. The highest BCUT2D eigenvalue weighted by Crippen LogP contribution is 2.23. The van der Waals surface area contributed by atoms with Crippen LogP contribution in [0.3, 0.4) is 0 Å². The molecule has 1 aliphatic heterocycles. The van der Waals surface area contributed by atoms with E-state index >= 15 is 0 Å². The number of halogens is 1. The lowest BCUT2D eigenvalue weighted by molar-refractivity contribution is 0.0285. The van der Waals surface area contributed by atoms with Crippen LogP contribution in [-0.2, 0) is 4.74 Å². The second-order valence-corrected chi connectivity index (χ2v) is 6.99. The Bertz CT molecular complexity index is 774. The fraction of sp³-hybridized carbons (Fsp3) is 0.300. The van der Waals surface area contributed by atoms with Gasteiger partial charge >= 0.3 is 0 Å². The van der Waals surface area contributed by atoms with Gasteiger partial charge in [0.15, 0.2) is 0 Å². The number of hydrazone groups is 1. The van der Waals surface area contributed by atoms with Gasteiger partial charge in [-0.05, 0) is 40.5 Å². The van der Waals surface area contributed by atoms with E-state index in [0.717, 1.165) is 28.8 Å². The van der Waals surface area contributed by atoms with Gasteiger partial charge in [0, 0.05) is 17.6 Å². The second kappa shape index (κ2) is 9.07. The van der Waals surface area contributed by atoms with E-state index in [2.05, 4.69) is 43.5 Å². The van der Waals surface area contributed by atoms with Gasteiger partial charge in [0.2, 0.25) is 0 Å². The molecule has 0 aliphatic carbocycles. The van der Waals surface area contributed by atoms with E-state index in [0.29, 0.717) is 18.8 Å². The molecule has 1 atom stereocenters. The molecule has 1 heterocycles. The minimum absolute atomic E-state index is 0.0135. The first-order valence-electron chi connectivity index (χ1n) is 8.62. The molecule has 2 aromatic carbocycles. The Morgan fingerprint density at radius 1 is 1.12 bits per heavy atom. The molecule has 2 aromatic rings.